The van der Waals surface area contributed by atoms with Gasteiger partial charge in [0.05, 0.1) is 0 Å². The molecule has 1 heterocycles. The molecule has 98 valence electrons. The Bertz CT molecular complexity index is 558. The molecule has 0 fully saturated rings. The minimum Gasteiger partial charge on any atom is -0.366 e. The van der Waals surface area contributed by atoms with Crippen molar-refractivity contribution in [1.29, 1.82) is 0 Å². The molecule has 2 heteroatoms. The molecular formula is C17H20N2. The number of pyridine rings is 1. The van der Waals surface area contributed by atoms with Crippen LogP contribution in [0.1, 0.15) is 35.7 Å². The number of anilines is 1. The Balaban J connectivity index is 1.65. The van der Waals surface area contributed by atoms with Crippen LogP contribution in [0.4, 0.5) is 5.82 Å². The van der Waals surface area contributed by atoms with Crippen molar-refractivity contribution >= 4 is 5.82 Å². The number of rotatable bonds is 4. The van der Waals surface area contributed by atoms with Gasteiger partial charge in [0.25, 0.3) is 0 Å². The van der Waals surface area contributed by atoms with Crippen molar-refractivity contribution in [3.63, 3.8) is 0 Å². The van der Waals surface area contributed by atoms with Crippen LogP contribution >= 0.6 is 0 Å². The van der Waals surface area contributed by atoms with Gasteiger partial charge in [0.2, 0.25) is 0 Å². The summed E-state index contributed by atoms with van der Waals surface area (Å²) in [5.41, 5.74) is 5.41. The van der Waals surface area contributed by atoms with Crippen LogP contribution in [-0.2, 0) is 25.8 Å². The maximum absolute atomic E-state index is 4.69. The summed E-state index contributed by atoms with van der Waals surface area (Å²) in [5.74, 6) is 1.00. The van der Waals surface area contributed by atoms with Crippen molar-refractivity contribution < 1.29 is 0 Å². The highest BCUT2D eigenvalue weighted by Gasteiger charge is 2.12. The number of hydrogen-bond acceptors (Lipinski definition) is 2. The van der Waals surface area contributed by atoms with Gasteiger partial charge in [-0.05, 0) is 48.4 Å². The molecular weight excluding hydrogens is 232 g/mol. The second-order valence-electron chi connectivity index (χ2n) is 5.18. The summed E-state index contributed by atoms with van der Waals surface area (Å²) < 4.78 is 0. The largest absolute Gasteiger partial charge is 0.366 e. The van der Waals surface area contributed by atoms with E-state index < -0.39 is 0 Å². The van der Waals surface area contributed by atoms with Gasteiger partial charge in [-0.1, -0.05) is 37.3 Å². The molecule has 1 aliphatic carbocycles. The van der Waals surface area contributed by atoms with Gasteiger partial charge >= 0.3 is 0 Å². The van der Waals surface area contributed by atoms with Crippen molar-refractivity contribution in [2.45, 2.75) is 39.2 Å². The molecule has 1 aliphatic rings. The number of hydrogen-bond donors (Lipinski definition) is 1. The zero-order chi connectivity index (χ0) is 13.1. The van der Waals surface area contributed by atoms with Gasteiger partial charge < -0.3 is 5.32 Å². The van der Waals surface area contributed by atoms with Crippen molar-refractivity contribution in [1.82, 2.24) is 4.98 Å². The predicted molar refractivity (Wildman–Crippen MR) is 79.4 cm³/mol. The molecule has 0 atom stereocenters. The second-order valence-corrected chi connectivity index (χ2v) is 5.18. The first kappa shape index (κ1) is 12.2. The fraction of sp³-hybridized carbons (Fsp3) is 0.353. The summed E-state index contributed by atoms with van der Waals surface area (Å²) in [6.07, 6.45) is 4.68. The molecule has 19 heavy (non-hydrogen) atoms. The fourth-order valence-electron chi connectivity index (χ4n) is 2.60. The number of aryl methyl sites for hydroxylation is 3. The summed E-state index contributed by atoms with van der Waals surface area (Å²) in [6.45, 7) is 3.03. The summed E-state index contributed by atoms with van der Waals surface area (Å²) in [4.78, 5) is 4.69. The van der Waals surface area contributed by atoms with Gasteiger partial charge in [-0.15, -0.1) is 0 Å². The average Bonchev–Trinajstić information content (AvgIpc) is 2.93. The molecule has 0 bridgehead atoms. The number of nitrogens with one attached hydrogen (secondary N) is 1. The topological polar surface area (TPSA) is 24.9 Å². The molecule has 2 aromatic rings. The van der Waals surface area contributed by atoms with E-state index in [1.54, 1.807) is 0 Å². The third-order valence-corrected chi connectivity index (χ3v) is 3.83. The maximum Gasteiger partial charge on any atom is 0.126 e. The lowest BCUT2D eigenvalue weighted by molar-refractivity contribution is 0.899. The smallest absolute Gasteiger partial charge is 0.126 e. The van der Waals surface area contributed by atoms with Gasteiger partial charge in [-0.3, -0.25) is 0 Å². The zero-order valence-corrected chi connectivity index (χ0v) is 11.4. The first-order valence-corrected chi connectivity index (χ1v) is 7.15. The summed E-state index contributed by atoms with van der Waals surface area (Å²) in [6, 6.07) is 13.1. The molecule has 2 nitrogen and oxygen atoms in total. The third-order valence-electron chi connectivity index (χ3n) is 3.83. The molecule has 0 unspecified atom stereocenters. The fourth-order valence-corrected chi connectivity index (χ4v) is 2.60. The van der Waals surface area contributed by atoms with Crippen LogP contribution in [0.5, 0.6) is 0 Å². The number of benzene rings is 1. The normalized spacial score (nSPS) is 13.3. The first-order chi connectivity index (χ1) is 9.35. The summed E-state index contributed by atoms with van der Waals surface area (Å²) >= 11 is 0. The Hall–Kier alpha value is -1.83. The van der Waals surface area contributed by atoms with E-state index in [1.807, 2.05) is 0 Å². The van der Waals surface area contributed by atoms with E-state index in [-0.39, 0.29) is 0 Å². The highest BCUT2D eigenvalue weighted by atomic mass is 15.0. The van der Waals surface area contributed by atoms with E-state index in [1.165, 1.54) is 35.2 Å². The van der Waals surface area contributed by atoms with Crippen LogP contribution in [0.15, 0.2) is 36.4 Å². The van der Waals surface area contributed by atoms with Gasteiger partial charge in [-0.2, -0.15) is 0 Å². The molecule has 0 aliphatic heterocycles. The van der Waals surface area contributed by atoms with E-state index in [9.17, 15) is 0 Å². The number of aromatic nitrogens is 1. The SMILES string of the molecule is CCc1ccc(CNc2ccc3c(n2)CCC3)cc1. The van der Waals surface area contributed by atoms with E-state index in [4.69, 9.17) is 4.98 Å². The van der Waals surface area contributed by atoms with E-state index >= 15 is 0 Å². The lowest BCUT2D eigenvalue weighted by Crippen LogP contribution is -2.03. The van der Waals surface area contributed by atoms with Crippen molar-refractivity contribution in [3.05, 3.63) is 58.8 Å². The Morgan fingerprint density at radius 1 is 1.00 bits per heavy atom. The number of fused-ring (bicyclic) bond motifs is 1. The van der Waals surface area contributed by atoms with E-state index in [0.29, 0.717) is 0 Å². The molecule has 3 rings (SSSR count). The van der Waals surface area contributed by atoms with Crippen LogP contribution in [0.3, 0.4) is 0 Å². The van der Waals surface area contributed by atoms with Crippen LogP contribution in [-0.4, -0.2) is 4.98 Å². The summed E-state index contributed by atoms with van der Waals surface area (Å²) in [7, 11) is 0. The molecule has 1 aromatic carbocycles. The Morgan fingerprint density at radius 3 is 2.58 bits per heavy atom. The quantitative estimate of drug-likeness (QED) is 0.896. The monoisotopic (exact) mass is 252 g/mol. The predicted octanol–water partition coefficient (Wildman–Crippen LogP) is 3.74. The van der Waals surface area contributed by atoms with Crippen LogP contribution in [0, 0.1) is 0 Å². The van der Waals surface area contributed by atoms with E-state index in [0.717, 1.165) is 25.2 Å². The number of nitrogens with zero attached hydrogens (tertiary/aromatic N) is 1. The highest BCUT2D eigenvalue weighted by Crippen LogP contribution is 2.21. The van der Waals surface area contributed by atoms with Gasteiger partial charge in [0.15, 0.2) is 0 Å². The Morgan fingerprint density at radius 2 is 1.79 bits per heavy atom. The van der Waals surface area contributed by atoms with Crippen molar-refractivity contribution in [2.75, 3.05) is 5.32 Å². The third kappa shape index (κ3) is 2.78. The van der Waals surface area contributed by atoms with Crippen molar-refractivity contribution in [3.8, 4) is 0 Å². The summed E-state index contributed by atoms with van der Waals surface area (Å²) in [5, 5.41) is 3.42. The highest BCUT2D eigenvalue weighted by molar-refractivity contribution is 5.41. The first-order valence-electron chi connectivity index (χ1n) is 7.15. The minimum atomic E-state index is 0.843. The van der Waals surface area contributed by atoms with Crippen LogP contribution in [0.2, 0.25) is 0 Å². The standard InChI is InChI=1S/C17H20N2/c1-2-13-6-8-14(9-7-13)12-18-17-11-10-15-4-3-5-16(15)19-17/h6-11H,2-5,12H2,1H3,(H,18,19). The Labute approximate surface area is 114 Å². The molecule has 0 saturated carbocycles. The average molecular weight is 252 g/mol. The molecule has 0 spiro atoms. The van der Waals surface area contributed by atoms with E-state index in [2.05, 4.69) is 48.6 Å². The van der Waals surface area contributed by atoms with Gasteiger partial charge in [0.1, 0.15) is 5.82 Å². The van der Waals surface area contributed by atoms with Gasteiger partial charge in [0, 0.05) is 12.2 Å². The lowest BCUT2D eigenvalue weighted by Gasteiger charge is -2.08. The van der Waals surface area contributed by atoms with Gasteiger partial charge in [-0.25, -0.2) is 4.98 Å². The Kier molecular flexibility index (Phi) is 3.49. The lowest BCUT2D eigenvalue weighted by atomic mass is 10.1. The second kappa shape index (κ2) is 5.43. The molecule has 0 amide bonds. The van der Waals surface area contributed by atoms with Crippen LogP contribution in [0.25, 0.3) is 0 Å². The van der Waals surface area contributed by atoms with Crippen LogP contribution < -0.4 is 5.32 Å². The zero-order valence-electron chi connectivity index (χ0n) is 11.4. The minimum absolute atomic E-state index is 0.843. The molecule has 0 radical (unpaired) electrons. The van der Waals surface area contributed by atoms with Crippen molar-refractivity contribution in [2.24, 2.45) is 0 Å². The maximum atomic E-state index is 4.69. The molecule has 1 N–H and O–H groups in total. The molecule has 1 aromatic heterocycles. The molecule has 0 saturated heterocycles.